The van der Waals surface area contributed by atoms with Gasteiger partial charge in [0.15, 0.2) is 6.10 Å². The molecule has 0 amide bonds. The smallest absolute Gasteiger partial charge is 0.462 e. The van der Waals surface area contributed by atoms with Crippen LogP contribution < -0.4 is 0 Å². The molecule has 0 radical (unpaired) electrons. The third kappa shape index (κ3) is 53.6. The van der Waals surface area contributed by atoms with Crippen LogP contribution in [0, 0.1) is 0 Å². The first-order valence-electron chi connectivity index (χ1n) is 28.7. The van der Waals surface area contributed by atoms with Gasteiger partial charge < -0.3 is 18.9 Å². The lowest BCUT2D eigenvalue weighted by molar-refractivity contribution is -0.870. The van der Waals surface area contributed by atoms with E-state index in [0.29, 0.717) is 23.9 Å². The van der Waals surface area contributed by atoms with Crippen LogP contribution in [0.5, 0.6) is 0 Å². The normalized spacial score (nSPS) is 13.6. The van der Waals surface area contributed by atoms with Crippen LogP contribution in [-0.4, -0.2) is 74.9 Å². The number of esters is 2. The number of unbranched alkanes of at least 4 members (excludes halogenated alkanes) is 33. The van der Waals surface area contributed by atoms with Crippen LogP contribution in [0.4, 0.5) is 0 Å². The number of carbonyl (C=O) groups is 2. The molecule has 1 N–H and O–H groups in total. The fourth-order valence-electron chi connectivity index (χ4n) is 8.20. The lowest BCUT2D eigenvalue weighted by Gasteiger charge is -2.24. The van der Waals surface area contributed by atoms with Gasteiger partial charge in [0, 0.05) is 12.8 Å². The zero-order chi connectivity index (χ0) is 49.9. The highest BCUT2D eigenvalue weighted by Crippen LogP contribution is 2.43. The molecule has 0 aromatic heterocycles. The Bertz CT molecular complexity index is 1250. The summed E-state index contributed by atoms with van der Waals surface area (Å²) >= 11 is 0. The van der Waals surface area contributed by atoms with Crippen molar-refractivity contribution in [2.75, 3.05) is 47.5 Å². The summed E-state index contributed by atoms with van der Waals surface area (Å²) in [4.78, 5) is 35.5. The number of likely N-dealkylation sites (N-methyl/N-ethyl adjacent to an activating group) is 1. The minimum atomic E-state index is -4.38. The molecule has 0 aliphatic heterocycles. The van der Waals surface area contributed by atoms with Gasteiger partial charge in [0.1, 0.15) is 19.8 Å². The number of phosphoric ester groups is 1. The van der Waals surface area contributed by atoms with Crippen molar-refractivity contribution < 1.29 is 42.1 Å². The molecule has 0 aliphatic rings. The van der Waals surface area contributed by atoms with Gasteiger partial charge in [0.2, 0.25) is 0 Å². The maximum absolute atomic E-state index is 12.8. The molecular formula is C58H111NO8P+. The highest BCUT2D eigenvalue weighted by atomic mass is 31.2. The Morgan fingerprint density at radius 1 is 0.456 bits per heavy atom. The van der Waals surface area contributed by atoms with Crippen molar-refractivity contribution >= 4 is 19.8 Å². The topological polar surface area (TPSA) is 108 Å². The number of hydrogen-bond donors (Lipinski definition) is 1. The summed E-state index contributed by atoms with van der Waals surface area (Å²) in [6.45, 7) is 4.44. The van der Waals surface area contributed by atoms with Gasteiger partial charge in [-0.15, -0.1) is 0 Å². The van der Waals surface area contributed by atoms with E-state index in [2.05, 4.69) is 50.3 Å². The number of phosphoric acid groups is 1. The summed E-state index contributed by atoms with van der Waals surface area (Å²) in [5, 5.41) is 0. The van der Waals surface area contributed by atoms with Gasteiger partial charge in [0.05, 0.1) is 27.7 Å². The first-order chi connectivity index (χ1) is 33.0. The first kappa shape index (κ1) is 66.2. The fourth-order valence-corrected chi connectivity index (χ4v) is 8.94. The molecule has 0 aliphatic carbocycles. The van der Waals surface area contributed by atoms with Crippen LogP contribution >= 0.6 is 7.82 Å². The van der Waals surface area contributed by atoms with Crippen LogP contribution in [0.1, 0.15) is 271 Å². The minimum absolute atomic E-state index is 0.0342. The zero-order valence-corrected chi connectivity index (χ0v) is 46.2. The molecule has 400 valence electrons. The second-order valence-corrected chi connectivity index (χ2v) is 22.1. The summed E-state index contributed by atoms with van der Waals surface area (Å²) in [5.41, 5.74) is 0. The Morgan fingerprint density at radius 2 is 0.794 bits per heavy atom. The zero-order valence-electron chi connectivity index (χ0n) is 45.4. The van der Waals surface area contributed by atoms with E-state index < -0.39 is 26.5 Å². The molecule has 0 heterocycles. The number of hydrogen-bond acceptors (Lipinski definition) is 7. The average Bonchev–Trinajstić information content (AvgIpc) is 3.30. The molecule has 0 rings (SSSR count). The maximum Gasteiger partial charge on any atom is 0.472 e. The lowest BCUT2D eigenvalue weighted by Crippen LogP contribution is -2.37. The lowest BCUT2D eigenvalue weighted by atomic mass is 10.0. The third-order valence-electron chi connectivity index (χ3n) is 12.7. The van der Waals surface area contributed by atoms with Gasteiger partial charge in [-0.25, -0.2) is 4.57 Å². The molecule has 10 heteroatoms. The standard InChI is InChI=1S/C58H110NO8P/c1-6-8-10-12-14-16-18-19-20-21-22-23-24-25-26-27-28-29-30-31-32-33-34-35-36-37-38-39-41-43-45-47-49-51-58(61)67-56(55-66-68(62,63)65-53-52-59(3,4)5)54-64-57(60)50-48-46-44-42-40-17-15-13-11-9-7-2/h18-19,21-22,24-25,56H,6-17,20,23,26-55H2,1-5H3/p+1/b19-18-,22-21-,25-24-. The van der Waals surface area contributed by atoms with Gasteiger partial charge in [-0.1, -0.05) is 243 Å². The van der Waals surface area contributed by atoms with Crippen molar-refractivity contribution in [2.45, 2.75) is 277 Å². The number of rotatable bonds is 53. The fraction of sp³-hybridized carbons (Fsp3) is 0.862. The van der Waals surface area contributed by atoms with Crippen LogP contribution in [0.25, 0.3) is 0 Å². The van der Waals surface area contributed by atoms with Crippen LogP contribution in [0.15, 0.2) is 36.5 Å². The van der Waals surface area contributed by atoms with Crippen molar-refractivity contribution in [2.24, 2.45) is 0 Å². The summed E-state index contributed by atoms with van der Waals surface area (Å²) < 4.78 is 34.5. The quantitative estimate of drug-likeness (QED) is 0.0211. The van der Waals surface area contributed by atoms with E-state index in [1.54, 1.807) is 0 Å². The van der Waals surface area contributed by atoms with Crippen molar-refractivity contribution in [1.29, 1.82) is 0 Å². The largest absolute Gasteiger partial charge is 0.472 e. The van der Waals surface area contributed by atoms with Crippen LogP contribution in [0.2, 0.25) is 0 Å². The van der Waals surface area contributed by atoms with Gasteiger partial charge in [-0.3, -0.25) is 18.6 Å². The van der Waals surface area contributed by atoms with E-state index in [4.69, 9.17) is 18.5 Å². The molecule has 9 nitrogen and oxygen atoms in total. The number of carbonyl (C=O) groups excluding carboxylic acids is 2. The maximum atomic E-state index is 12.8. The van der Waals surface area contributed by atoms with Crippen molar-refractivity contribution in [1.82, 2.24) is 0 Å². The highest BCUT2D eigenvalue weighted by Gasteiger charge is 2.27. The van der Waals surface area contributed by atoms with Crippen LogP contribution in [-0.2, 0) is 32.7 Å². The van der Waals surface area contributed by atoms with E-state index in [1.807, 2.05) is 21.1 Å². The molecule has 2 atom stereocenters. The third-order valence-corrected chi connectivity index (χ3v) is 13.7. The number of quaternary nitrogens is 1. The molecule has 68 heavy (non-hydrogen) atoms. The molecule has 0 saturated carbocycles. The number of allylic oxidation sites excluding steroid dienone is 6. The van der Waals surface area contributed by atoms with Crippen molar-refractivity contribution in [3.63, 3.8) is 0 Å². The van der Waals surface area contributed by atoms with Crippen molar-refractivity contribution in [3.8, 4) is 0 Å². The first-order valence-corrected chi connectivity index (χ1v) is 30.2. The SMILES string of the molecule is CCCCCCC/C=C\C/C=C\C/C=C\CCCCCCCCCCCCCCCCCCCCC(=O)OC(COC(=O)CCCCCCCCCCCCC)COP(=O)(O)OCC[N+](C)(C)C. The van der Waals surface area contributed by atoms with E-state index in [0.717, 1.165) is 44.9 Å². The van der Waals surface area contributed by atoms with E-state index in [1.165, 1.54) is 193 Å². The molecular weight excluding hydrogens is 870 g/mol. The second kappa shape index (κ2) is 50.2. The van der Waals surface area contributed by atoms with E-state index in [-0.39, 0.29) is 25.6 Å². The monoisotopic (exact) mass is 981 g/mol. The molecule has 0 fully saturated rings. The summed E-state index contributed by atoms with van der Waals surface area (Å²) in [7, 11) is 1.49. The minimum Gasteiger partial charge on any atom is -0.462 e. The number of ether oxygens (including phenoxy) is 2. The molecule has 0 aromatic carbocycles. The Balaban J connectivity index is 3.97. The van der Waals surface area contributed by atoms with Crippen molar-refractivity contribution in [3.05, 3.63) is 36.5 Å². The van der Waals surface area contributed by atoms with Gasteiger partial charge in [0.25, 0.3) is 0 Å². The summed E-state index contributed by atoms with van der Waals surface area (Å²) in [5.74, 6) is -0.787. The molecule has 0 spiro atoms. The predicted octanol–water partition coefficient (Wildman–Crippen LogP) is 17.6. The Hall–Kier alpha value is -1.77. The molecule has 0 aromatic rings. The van der Waals surface area contributed by atoms with Gasteiger partial charge in [-0.05, 0) is 51.4 Å². The van der Waals surface area contributed by atoms with E-state index in [9.17, 15) is 19.0 Å². The predicted molar refractivity (Wildman–Crippen MR) is 289 cm³/mol. The Morgan fingerprint density at radius 3 is 1.18 bits per heavy atom. The van der Waals surface area contributed by atoms with Gasteiger partial charge >= 0.3 is 19.8 Å². The average molecular weight is 981 g/mol. The molecule has 0 saturated heterocycles. The Labute approximate surface area is 421 Å². The van der Waals surface area contributed by atoms with Gasteiger partial charge in [-0.2, -0.15) is 0 Å². The summed E-state index contributed by atoms with van der Waals surface area (Å²) in [6, 6.07) is 0. The number of nitrogens with zero attached hydrogens (tertiary/aromatic N) is 1. The molecule has 0 bridgehead atoms. The van der Waals surface area contributed by atoms with E-state index >= 15 is 0 Å². The second-order valence-electron chi connectivity index (χ2n) is 20.7. The molecule has 2 unspecified atom stereocenters. The highest BCUT2D eigenvalue weighted by molar-refractivity contribution is 7.47. The summed E-state index contributed by atoms with van der Waals surface area (Å²) in [6.07, 6.45) is 60.9. The Kier molecular flexibility index (Phi) is 48.9. The van der Waals surface area contributed by atoms with Crippen LogP contribution in [0.3, 0.4) is 0 Å².